The number of carboxylic acids is 1. The van der Waals surface area contributed by atoms with Gasteiger partial charge in [0.05, 0.1) is 0 Å². The highest BCUT2D eigenvalue weighted by Gasteiger charge is 2.34. The number of aliphatic carboxylic acids is 1. The number of benzene rings is 1. The molecule has 0 bridgehead atoms. The van der Waals surface area contributed by atoms with Gasteiger partial charge in [0.2, 0.25) is 0 Å². The van der Waals surface area contributed by atoms with E-state index in [1.807, 2.05) is 13.0 Å². The molecule has 0 aliphatic carbocycles. The Bertz CT molecular complexity index is 310. The van der Waals surface area contributed by atoms with Crippen LogP contribution in [-0.2, 0) is 10.3 Å². The molecule has 0 aliphatic heterocycles. The Morgan fingerprint density at radius 3 is 2.43 bits per heavy atom. The van der Waals surface area contributed by atoms with Gasteiger partial charge in [-0.25, -0.2) is 4.79 Å². The summed E-state index contributed by atoms with van der Waals surface area (Å²) in [7, 11) is 0. The van der Waals surface area contributed by atoms with Gasteiger partial charge in [0.1, 0.15) is 5.54 Å². The predicted octanol–water partition coefficient (Wildman–Crippen LogP) is 1.73. The van der Waals surface area contributed by atoms with Gasteiger partial charge < -0.3 is 10.8 Å². The molecular formula is C11H15NO2. The molecule has 3 nitrogen and oxygen atoms in total. The normalized spacial score (nSPS) is 14.7. The maximum absolute atomic E-state index is 11.1. The van der Waals surface area contributed by atoms with Crippen molar-refractivity contribution in [2.45, 2.75) is 25.3 Å². The van der Waals surface area contributed by atoms with E-state index in [-0.39, 0.29) is 0 Å². The minimum Gasteiger partial charge on any atom is -0.480 e. The number of nitrogens with two attached hydrogens (primary N) is 1. The molecule has 14 heavy (non-hydrogen) atoms. The highest BCUT2D eigenvalue weighted by molar-refractivity contribution is 5.80. The monoisotopic (exact) mass is 193 g/mol. The first-order chi connectivity index (χ1) is 6.61. The zero-order chi connectivity index (χ0) is 10.6. The van der Waals surface area contributed by atoms with Gasteiger partial charge in [-0.3, -0.25) is 0 Å². The highest BCUT2D eigenvalue weighted by Crippen LogP contribution is 2.23. The van der Waals surface area contributed by atoms with E-state index >= 15 is 0 Å². The molecule has 0 saturated heterocycles. The topological polar surface area (TPSA) is 63.3 Å². The SMILES string of the molecule is CCCC(N)(C(=O)O)c1ccccc1. The number of rotatable bonds is 4. The second-order valence-corrected chi connectivity index (χ2v) is 3.39. The molecule has 76 valence electrons. The Kier molecular flexibility index (Phi) is 3.25. The average molecular weight is 193 g/mol. The van der Waals surface area contributed by atoms with Crippen LogP contribution in [-0.4, -0.2) is 11.1 Å². The van der Waals surface area contributed by atoms with Crippen LogP contribution in [0.4, 0.5) is 0 Å². The van der Waals surface area contributed by atoms with E-state index < -0.39 is 11.5 Å². The van der Waals surface area contributed by atoms with Crippen molar-refractivity contribution in [3.8, 4) is 0 Å². The molecule has 0 heterocycles. The van der Waals surface area contributed by atoms with E-state index in [9.17, 15) is 4.79 Å². The first-order valence-electron chi connectivity index (χ1n) is 4.69. The number of hydrogen-bond acceptors (Lipinski definition) is 2. The first-order valence-corrected chi connectivity index (χ1v) is 4.69. The van der Waals surface area contributed by atoms with Crippen LogP contribution in [0.25, 0.3) is 0 Å². The molecule has 0 spiro atoms. The van der Waals surface area contributed by atoms with Crippen molar-refractivity contribution >= 4 is 5.97 Å². The van der Waals surface area contributed by atoms with Crippen LogP contribution in [0.15, 0.2) is 30.3 Å². The zero-order valence-corrected chi connectivity index (χ0v) is 8.23. The molecule has 1 rings (SSSR count). The van der Waals surface area contributed by atoms with Gasteiger partial charge in [0.25, 0.3) is 0 Å². The van der Waals surface area contributed by atoms with Gasteiger partial charge in [0.15, 0.2) is 0 Å². The van der Waals surface area contributed by atoms with Crippen molar-refractivity contribution in [3.05, 3.63) is 35.9 Å². The summed E-state index contributed by atoms with van der Waals surface area (Å²) in [5.41, 5.74) is 5.29. The molecule has 1 atom stereocenters. The standard InChI is InChI=1S/C11H15NO2/c1-2-8-11(12,10(13)14)9-6-4-3-5-7-9/h3-7H,2,8,12H2,1H3,(H,13,14). The summed E-state index contributed by atoms with van der Waals surface area (Å²) < 4.78 is 0. The fourth-order valence-corrected chi connectivity index (χ4v) is 1.50. The highest BCUT2D eigenvalue weighted by atomic mass is 16.4. The number of carboxylic acid groups (broad SMARTS) is 1. The fourth-order valence-electron chi connectivity index (χ4n) is 1.50. The lowest BCUT2D eigenvalue weighted by atomic mass is 9.87. The Balaban J connectivity index is 3.06. The third kappa shape index (κ3) is 1.93. The molecule has 0 aromatic heterocycles. The zero-order valence-electron chi connectivity index (χ0n) is 8.23. The van der Waals surface area contributed by atoms with Gasteiger partial charge in [-0.1, -0.05) is 43.7 Å². The lowest BCUT2D eigenvalue weighted by Crippen LogP contribution is -2.44. The lowest BCUT2D eigenvalue weighted by molar-refractivity contribution is -0.144. The second-order valence-electron chi connectivity index (χ2n) is 3.39. The average Bonchev–Trinajstić information content (AvgIpc) is 2.19. The van der Waals surface area contributed by atoms with E-state index in [1.165, 1.54) is 0 Å². The molecule has 1 aromatic rings. The first kappa shape index (κ1) is 10.7. The molecule has 0 saturated carbocycles. The van der Waals surface area contributed by atoms with Gasteiger partial charge >= 0.3 is 5.97 Å². The summed E-state index contributed by atoms with van der Waals surface area (Å²) in [6.07, 6.45) is 1.20. The summed E-state index contributed by atoms with van der Waals surface area (Å²) in [5.74, 6) is -0.967. The smallest absolute Gasteiger partial charge is 0.328 e. The largest absolute Gasteiger partial charge is 0.480 e. The Hall–Kier alpha value is -1.35. The molecule has 0 fully saturated rings. The van der Waals surface area contributed by atoms with E-state index in [0.29, 0.717) is 12.0 Å². The van der Waals surface area contributed by atoms with Crippen molar-refractivity contribution in [2.75, 3.05) is 0 Å². The Labute approximate surface area is 83.6 Å². The summed E-state index contributed by atoms with van der Waals surface area (Å²) >= 11 is 0. The van der Waals surface area contributed by atoms with E-state index in [4.69, 9.17) is 10.8 Å². The summed E-state index contributed by atoms with van der Waals surface area (Å²) in [4.78, 5) is 11.1. The maximum Gasteiger partial charge on any atom is 0.328 e. The van der Waals surface area contributed by atoms with Crippen LogP contribution >= 0.6 is 0 Å². The van der Waals surface area contributed by atoms with Crippen LogP contribution in [0.1, 0.15) is 25.3 Å². The summed E-state index contributed by atoms with van der Waals surface area (Å²) in [6, 6.07) is 8.95. The predicted molar refractivity (Wildman–Crippen MR) is 54.9 cm³/mol. The summed E-state index contributed by atoms with van der Waals surface area (Å²) in [6.45, 7) is 1.92. The van der Waals surface area contributed by atoms with Crippen molar-refractivity contribution < 1.29 is 9.90 Å². The molecule has 0 radical (unpaired) electrons. The molecule has 0 amide bonds. The van der Waals surface area contributed by atoms with E-state index in [1.54, 1.807) is 24.3 Å². The molecule has 0 aliphatic rings. The van der Waals surface area contributed by atoms with Crippen molar-refractivity contribution in [3.63, 3.8) is 0 Å². The van der Waals surface area contributed by atoms with Crippen LogP contribution in [0.5, 0.6) is 0 Å². The fraction of sp³-hybridized carbons (Fsp3) is 0.364. The van der Waals surface area contributed by atoms with Crippen molar-refractivity contribution in [1.29, 1.82) is 0 Å². The molecular weight excluding hydrogens is 178 g/mol. The molecule has 1 aromatic carbocycles. The van der Waals surface area contributed by atoms with Crippen molar-refractivity contribution in [2.24, 2.45) is 5.73 Å². The van der Waals surface area contributed by atoms with Crippen LogP contribution in [0.3, 0.4) is 0 Å². The van der Waals surface area contributed by atoms with Gasteiger partial charge in [-0.05, 0) is 12.0 Å². The molecule has 3 heteroatoms. The number of carbonyl (C=O) groups is 1. The quantitative estimate of drug-likeness (QED) is 0.765. The Morgan fingerprint density at radius 2 is 2.00 bits per heavy atom. The maximum atomic E-state index is 11.1. The third-order valence-corrected chi connectivity index (χ3v) is 2.31. The van der Waals surface area contributed by atoms with Crippen LogP contribution in [0, 0.1) is 0 Å². The van der Waals surface area contributed by atoms with Crippen LogP contribution < -0.4 is 5.73 Å². The van der Waals surface area contributed by atoms with Crippen LogP contribution in [0.2, 0.25) is 0 Å². The molecule has 3 N–H and O–H groups in total. The van der Waals surface area contributed by atoms with E-state index in [2.05, 4.69) is 0 Å². The Morgan fingerprint density at radius 1 is 1.43 bits per heavy atom. The number of hydrogen-bond donors (Lipinski definition) is 2. The molecule has 1 unspecified atom stereocenters. The van der Waals surface area contributed by atoms with Gasteiger partial charge in [-0.15, -0.1) is 0 Å². The van der Waals surface area contributed by atoms with Gasteiger partial charge in [-0.2, -0.15) is 0 Å². The summed E-state index contributed by atoms with van der Waals surface area (Å²) in [5, 5.41) is 9.09. The minimum atomic E-state index is -1.24. The second kappa shape index (κ2) is 4.24. The van der Waals surface area contributed by atoms with Gasteiger partial charge in [0, 0.05) is 0 Å². The van der Waals surface area contributed by atoms with Crippen molar-refractivity contribution in [1.82, 2.24) is 0 Å². The lowest BCUT2D eigenvalue weighted by Gasteiger charge is -2.24. The van der Waals surface area contributed by atoms with E-state index in [0.717, 1.165) is 6.42 Å². The minimum absolute atomic E-state index is 0.451. The third-order valence-electron chi connectivity index (χ3n) is 2.31.